The third kappa shape index (κ3) is 2.58. The number of benzene rings is 1. The molecule has 1 aromatic heterocycles. The number of hydrogen-bond donors (Lipinski definition) is 1. The lowest BCUT2D eigenvalue weighted by Crippen LogP contribution is -2.08. The number of aromatic nitrogens is 2. The molecule has 0 radical (unpaired) electrons. The fraction of sp³-hybridized carbons (Fsp3) is 0.471. The van der Waals surface area contributed by atoms with E-state index < -0.39 is 0 Å². The smallest absolute Gasteiger partial charge is 0.131 e. The Morgan fingerprint density at radius 1 is 1.20 bits per heavy atom. The minimum atomic E-state index is 0.379. The molecule has 0 bridgehead atoms. The predicted octanol–water partition coefficient (Wildman–Crippen LogP) is 4.28. The molecule has 2 N–H and O–H groups in total. The van der Waals surface area contributed by atoms with E-state index in [1.54, 1.807) is 0 Å². The van der Waals surface area contributed by atoms with Crippen molar-refractivity contribution in [3.8, 4) is 11.3 Å². The molecule has 0 aliphatic heterocycles. The summed E-state index contributed by atoms with van der Waals surface area (Å²) >= 11 is 0. The van der Waals surface area contributed by atoms with E-state index >= 15 is 0 Å². The quantitative estimate of drug-likeness (QED) is 0.901. The first kappa shape index (κ1) is 14.6. The molecule has 0 fully saturated rings. The van der Waals surface area contributed by atoms with Crippen LogP contribution in [0.5, 0.6) is 0 Å². The zero-order valence-electron chi connectivity index (χ0n) is 13.2. The van der Waals surface area contributed by atoms with Gasteiger partial charge in [0.2, 0.25) is 0 Å². The summed E-state index contributed by atoms with van der Waals surface area (Å²) < 4.78 is 2.16. The van der Waals surface area contributed by atoms with Crippen LogP contribution in [0.4, 0.5) is 5.82 Å². The minimum Gasteiger partial charge on any atom is -0.383 e. The maximum atomic E-state index is 6.35. The van der Waals surface area contributed by atoms with Crippen molar-refractivity contribution < 1.29 is 0 Å². The maximum Gasteiger partial charge on any atom is 0.131 e. The second-order valence-corrected chi connectivity index (χ2v) is 5.81. The molecule has 2 aromatic rings. The monoisotopic (exact) mass is 271 g/mol. The number of anilines is 1. The standard InChI is InChI=1S/C17H25N3/c1-6-9-20-16(18)15(19-17(20)11(2)3)14-8-7-12(4)13(5)10-14/h7-8,10-11H,6,9,18H2,1-5H3. The summed E-state index contributed by atoms with van der Waals surface area (Å²) in [5.41, 5.74) is 11.0. The Balaban J connectivity index is 2.56. The lowest BCUT2D eigenvalue weighted by atomic mass is 10.0. The van der Waals surface area contributed by atoms with Gasteiger partial charge in [-0.05, 0) is 37.5 Å². The van der Waals surface area contributed by atoms with E-state index in [0.717, 1.165) is 35.9 Å². The van der Waals surface area contributed by atoms with Crippen LogP contribution in [-0.4, -0.2) is 9.55 Å². The Bertz CT molecular complexity index is 609. The number of aryl methyl sites for hydroxylation is 2. The summed E-state index contributed by atoms with van der Waals surface area (Å²) in [5, 5.41) is 0. The van der Waals surface area contributed by atoms with Gasteiger partial charge in [0.25, 0.3) is 0 Å². The number of nitrogens with zero attached hydrogens (tertiary/aromatic N) is 2. The van der Waals surface area contributed by atoms with Crippen LogP contribution in [0.2, 0.25) is 0 Å². The molecular formula is C17H25N3. The zero-order chi connectivity index (χ0) is 14.9. The summed E-state index contributed by atoms with van der Waals surface area (Å²) in [6, 6.07) is 6.42. The van der Waals surface area contributed by atoms with Gasteiger partial charge in [-0.1, -0.05) is 32.9 Å². The molecule has 0 atom stereocenters. The summed E-state index contributed by atoms with van der Waals surface area (Å²) in [5.74, 6) is 2.25. The van der Waals surface area contributed by atoms with Gasteiger partial charge in [0.1, 0.15) is 17.3 Å². The lowest BCUT2D eigenvalue weighted by molar-refractivity contribution is 0.616. The first-order chi connectivity index (χ1) is 9.45. The van der Waals surface area contributed by atoms with Gasteiger partial charge in [0, 0.05) is 18.0 Å². The number of nitrogens with two attached hydrogens (primary N) is 1. The molecule has 1 heterocycles. The highest BCUT2D eigenvalue weighted by atomic mass is 15.1. The molecule has 20 heavy (non-hydrogen) atoms. The average Bonchev–Trinajstić information content (AvgIpc) is 2.72. The molecule has 0 saturated heterocycles. The van der Waals surface area contributed by atoms with Crippen LogP contribution in [0.25, 0.3) is 11.3 Å². The molecular weight excluding hydrogens is 246 g/mol. The molecule has 0 aliphatic carbocycles. The van der Waals surface area contributed by atoms with Crippen LogP contribution >= 0.6 is 0 Å². The van der Waals surface area contributed by atoms with Gasteiger partial charge < -0.3 is 10.3 Å². The number of nitrogen functional groups attached to an aromatic ring is 1. The van der Waals surface area contributed by atoms with Crippen LogP contribution in [-0.2, 0) is 6.54 Å². The van der Waals surface area contributed by atoms with Crippen molar-refractivity contribution in [1.29, 1.82) is 0 Å². The van der Waals surface area contributed by atoms with Gasteiger partial charge in [-0.15, -0.1) is 0 Å². The Hall–Kier alpha value is -1.77. The van der Waals surface area contributed by atoms with E-state index in [2.05, 4.69) is 57.4 Å². The fourth-order valence-electron chi connectivity index (χ4n) is 2.48. The van der Waals surface area contributed by atoms with Crippen LogP contribution in [0.3, 0.4) is 0 Å². The molecule has 0 saturated carbocycles. The first-order valence-corrected chi connectivity index (χ1v) is 7.39. The second kappa shape index (κ2) is 5.70. The highest BCUT2D eigenvalue weighted by Crippen LogP contribution is 2.30. The summed E-state index contributed by atoms with van der Waals surface area (Å²) in [4.78, 5) is 4.81. The van der Waals surface area contributed by atoms with Gasteiger partial charge in [-0.2, -0.15) is 0 Å². The summed E-state index contributed by atoms with van der Waals surface area (Å²) in [6.45, 7) is 11.7. The van der Waals surface area contributed by atoms with Crippen LogP contribution in [0.1, 0.15) is 50.1 Å². The first-order valence-electron chi connectivity index (χ1n) is 7.39. The van der Waals surface area contributed by atoms with Crippen LogP contribution < -0.4 is 5.73 Å². The molecule has 0 amide bonds. The Morgan fingerprint density at radius 2 is 1.90 bits per heavy atom. The molecule has 1 aromatic carbocycles. The molecule has 2 rings (SSSR count). The maximum absolute atomic E-state index is 6.35. The normalized spacial score (nSPS) is 11.3. The SMILES string of the molecule is CCCn1c(C(C)C)nc(-c2ccc(C)c(C)c2)c1N. The number of hydrogen-bond acceptors (Lipinski definition) is 2. The fourth-order valence-corrected chi connectivity index (χ4v) is 2.48. The zero-order valence-corrected chi connectivity index (χ0v) is 13.2. The van der Waals surface area contributed by atoms with Gasteiger partial charge in [-0.25, -0.2) is 4.98 Å². The van der Waals surface area contributed by atoms with Crippen molar-refractivity contribution in [2.75, 3.05) is 5.73 Å². The van der Waals surface area contributed by atoms with Crippen molar-refractivity contribution in [1.82, 2.24) is 9.55 Å². The third-order valence-electron chi connectivity index (χ3n) is 3.78. The summed E-state index contributed by atoms with van der Waals surface area (Å²) in [7, 11) is 0. The van der Waals surface area contributed by atoms with E-state index in [1.165, 1.54) is 11.1 Å². The van der Waals surface area contributed by atoms with Crippen molar-refractivity contribution in [2.24, 2.45) is 0 Å². The molecule has 3 nitrogen and oxygen atoms in total. The van der Waals surface area contributed by atoms with Crippen LogP contribution in [0, 0.1) is 13.8 Å². The molecule has 0 aliphatic rings. The molecule has 3 heteroatoms. The largest absolute Gasteiger partial charge is 0.383 e. The highest BCUT2D eigenvalue weighted by Gasteiger charge is 2.17. The van der Waals surface area contributed by atoms with Crippen molar-refractivity contribution in [2.45, 2.75) is 53.5 Å². The molecule has 0 unspecified atom stereocenters. The topological polar surface area (TPSA) is 43.8 Å². The second-order valence-electron chi connectivity index (χ2n) is 5.81. The van der Waals surface area contributed by atoms with E-state index in [9.17, 15) is 0 Å². The Morgan fingerprint density at radius 3 is 2.45 bits per heavy atom. The summed E-state index contributed by atoms with van der Waals surface area (Å²) in [6.07, 6.45) is 1.06. The van der Waals surface area contributed by atoms with Gasteiger partial charge in [0.05, 0.1) is 0 Å². The Kier molecular flexibility index (Phi) is 4.17. The minimum absolute atomic E-state index is 0.379. The number of imidazole rings is 1. The average molecular weight is 271 g/mol. The molecule has 108 valence electrons. The molecule has 0 spiro atoms. The van der Waals surface area contributed by atoms with E-state index in [-0.39, 0.29) is 0 Å². The van der Waals surface area contributed by atoms with E-state index in [1.807, 2.05) is 0 Å². The third-order valence-corrected chi connectivity index (χ3v) is 3.78. The number of rotatable bonds is 4. The van der Waals surface area contributed by atoms with E-state index in [0.29, 0.717) is 5.92 Å². The van der Waals surface area contributed by atoms with Gasteiger partial charge in [0.15, 0.2) is 0 Å². The lowest BCUT2D eigenvalue weighted by Gasteiger charge is -2.10. The Labute approximate surface area is 121 Å². The van der Waals surface area contributed by atoms with Crippen molar-refractivity contribution in [3.63, 3.8) is 0 Å². The van der Waals surface area contributed by atoms with Gasteiger partial charge in [-0.3, -0.25) is 0 Å². The van der Waals surface area contributed by atoms with Crippen molar-refractivity contribution in [3.05, 3.63) is 35.2 Å². The highest BCUT2D eigenvalue weighted by molar-refractivity contribution is 5.72. The predicted molar refractivity (Wildman–Crippen MR) is 85.9 cm³/mol. The van der Waals surface area contributed by atoms with Crippen molar-refractivity contribution >= 4 is 5.82 Å². The van der Waals surface area contributed by atoms with E-state index in [4.69, 9.17) is 10.7 Å². The van der Waals surface area contributed by atoms with Gasteiger partial charge >= 0.3 is 0 Å². The van der Waals surface area contributed by atoms with Crippen LogP contribution in [0.15, 0.2) is 18.2 Å².